The molecule has 2 heterocycles. The number of fused-ring (bicyclic) bond motifs is 2. The van der Waals surface area contributed by atoms with Gasteiger partial charge in [-0.1, -0.05) is 30.7 Å². The second-order valence-corrected chi connectivity index (χ2v) is 9.88. The minimum absolute atomic E-state index is 0.100. The van der Waals surface area contributed by atoms with Gasteiger partial charge in [-0.05, 0) is 61.6 Å². The van der Waals surface area contributed by atoms with Gasteiger partial charge in [0, 0.05) is 22.3 Å². The molecule has 2 atom stereocenters. The molecule has 8 nitrogen and oxygen atoms in total. The number of rotatable bonds is 5. The van der Waals surface area contributed by atoms with Crippen molar-refractivity contribution >= 4 is 28.0 Å². The smallest absolute Gasteiger partial charge is 0.343 e. The summed E-state index contributed by atoms with van der Waals surface area (Å²) in [7, 11) is 2.80. The molecule has 0 saturated heterocycles. The molecule has 2 N–H and O–H groups in total. The highest BCUT2D eigenvalue weighted by molar-refractivity contribution is 5.87. The van der Waals surface area contributed by atoms with Gasteiger partial charge in [0.2, 0.25) is 11.5 Å². The van der Waals surface area contributed by atoms with Crippen molar-refractivity contribution in [2.75, 3.05) is 14.2 Å². The first kappa shape index (κ1) is 25.2. The summed E-state index contributed by atoms with van der Waals surface area (Å²) in [5, 5.41) is 21.3. The van der Waals surface area contributed by atoms with E-state index in [1.165, 1.54) is 26.4 Å². The summed E-state index contributed by atoms with van der Waals surface area (Å²) in [6.45, 7) is 4.07. The number of aromatic hydroxyl groups is 2. The van der Waals surface area contributed by atoms with Gasteiger partial charge in [-0.2, -0.15) is 0 Å². The average Bonchev–Trinajstić information content (AvgIpc) is 2.89. The maximum absolute atomic E-state index is 13.2. The zero-order valence-corrected chi connectivity index (χ0v) is 21.5. The maximum Gasteiger partial charge on any atom is 0.343 e. The van der Waals surface area contributed by atoms with E-state index in [0.717, 1.165) is 18.4 Å². The third kappa shape index (κ3) is 4.22. The number of allylic oxidation sites excluding steroid dienone is 3. The van der Waals surface area contributed by atoms with Gasteiger partial charge in [0.05, 0.1) is 19.8 Å². The molecular formula is C30H28O8. The van der Waals surface area contributed by atoms with Gasteiger partial charge in [-0.15, -0.1) is 0 Å². The highest BCUT2D eigenvalue weighted by Crippen LogP contribution is 2.47. The lowest BCUT2D eigenvalue weighted by atomic mass is 9.66. The average molecular weight is 517 g/mol. The van der Waals surface area contributed by atoms with Gasteiger partial charge in [-0.25, -0.2) is 9.59 Å². The molecule has 5 rings (SSSR count). The Morgan fingerprint density at radius 3 is 2.11 bits per heavy atom. The van der Waals surface area contributed by atoms with E-state index < -0.39 is 16.7 Å². The summed E-state index contributed by atoms with van der Waals surface area (Å²) in [6.07, 6.45) is 7.31. The van der Waals surface area contributed by atoms with Crippen LogP contribution in [0.25, 0.3) is 28.0 Å². The van der Waals surface area contributed by atoms with Crippen LogP contribution in [-0.4, -0.2) is 24.4 Å². The minimum Gasteiger partial charge on any atom is -0.504 e. The summed E-state index contributed by atoms with van der Waals surface area (Å²) in [4.78, 5) is 26.0. The summed E-state index contributed by atoms with van der Waals surface area (Å²) >= 11 is 0. The van der Waals surface area contributed by atoms with E-state index >= 15 is 0 Å². The third-order valence-corrected chi connectivity index (χ3v) is 7.33. The molecule has 4 aromatic rings. The zero-order valence-electron chi connectivity index (χ0n) is 21.5. The van der Waals surface area contributed by atoms with Crippen LogP contribution in [0, 0.1) is 5.41 Å². The highest BCUT2D eigenvalue weighted by Gasteiger charge is 2.36. The number of phenolic OH excluding ortho intramolecular Hbond substituents is 2. The monoisotopic (exact) mass is 516 g/mol. The number of phenols is 2. The predicted octanol–water partition coefficient (Wildman–Crippen LogP) is 5.87. The van der Waals surface area contributed by atoms with Crippen molar-refractivity contribution in [3.8, 4) is 23.0 Å². The fourth-order valence-corrected chi connectivity index (χ4v) is 5.15. The molecule has 38 heavy (non-hydrogen) atoms. The summed E-state index contributed by atoms with van der Waals surface area (Å²) < 4.78 is 21.6. The topological polar surface area (TPSA) is 119 Å². The third-order valence-electron chi connectivity index (χ3n) is 7.33. The fourth-order valence-electron chi connectivity index (χ4n) is 5.15. The van der Waals surface area contributed by atoms with E-state index in [9.17, 15) is 19.8 Å². The van der Waals surface area contributed by atoms with Gasteiger partial charge in [0.1, 0.15) is 0 Å². The van der Waals surface area contributed by atoms with Crippen molar-refractivity contribution < 1.29 is 28.5 Å². The Morgan fingerprint density at radius 2 is 1.50 bits per heavy atom. The molecule has 1 aliphatic rings. The zero-order chi connectivity index (χ0) is 27.2. The summed E-state index contributed by atoms with van der Waals surface area (Å²) in [5.41, 5.74) is 0.712. The normalized spacial score (nSPS) is 19.7. The Morgan fingerprint density at radius 1 is 0.921 bits per heavy atom. The molecule has 1 aliphatic carbocycles. The second kappa shape index (κ2) is 9.45. The van der Waals surface area contributed by atoms with Crippen molar-refractivity contribution in [3.63, 3.8) is 0 Å². The van der Waals surface area contributed by atoms with Crippen LogP contribution in [-0.2, 0) is 0 Å². The fraction of sp³-hybridized carbons (Fsp3) is 0.267. The van der Waals surface area contributed by atoms with Gasteiger partial charge < -0.3 is 28.5 Å². The van der Waals surface area contributed by atoms with Crippen molar-refractivity contribution in [1.29, 1.82) is 0 Å². The van der Waals surface area contributed by atoms with Crippen molar-refractivity contribution in [3.05, 3.63) is 86.1 Å². The number of methoxy groups -OCH3 is 2. The molecule has 0 unspecified atom stereocenters. The van der Waals surface area contributed by atoms with Crippen LogP contribution in [0.3, 0.4) is 0 Å². The molecule has 0 spiro atoms. The molecule has 0 radical (unpaired) electrons. The van der Waals surface area contributed by atoms with Crippen molar-refractivity contribution in [2.24, 2.45) is 5.41 Å². The summed E-state index contributed by atoms with van der Waals surface area (Å²) in [5.74, 6) is -0.343. The van der Waals surface area contributed by atoms with E-state index in [1.807, 2.05) is 19.9 Å². The van der Waals surface area contributed by atoms with Crippen LogP contribution in [0.5, 0.6) is 23.0 Å². The molecule has 2 aromatic heterocycles. The van der Waals surface area contributed by atoms with Gasteiger partial charge >= 0.3 is 11.3 Å². The van der Waals surface area contributed by atoms with E-state index in [1.54, 1.807) is 30.3 Å². The number of hydrogen-bond acceptors (Lipinski definition) is 8. The van der Waals surface area contributed by atoms with Crippen LogP contribution < -0.4 is 20.7 Å². The van der Waals surface area contributed by atoms with Crippen LogP contribution in [0.4, 0.5) is 0 Å². The Balaban J connectivity index is 1.60. The lowest BCUT2D eigenvalue weighted by Gasteiger charge is -2.37. The molecule has 196 valence electrons. The Labute approximate surface area is 218 Å². The second-order valence-electron chi connectivity index (χ2n) is 9.88. The van der Waals surface area contributed by atoms with E-state index in [-0.39, 0.29) is 40.1 Å². The van der Waals surface area contributed by atoms with Crippen LogP contribution in [0.1, 0.15) is 43.7 Å². The Bertz CT molecular complexity index is 1740. The number of hydrogen-bond donors (Lipinski definition) is 2. The molecule has 0 aliphatic heterocycles. The van der Waals surface area contributed by atoms with Crippen molar-refractivity contribution in [1.82, 2.24) is 0 Å². The standard InChI is InChI=1S/C30H28O8/c1-16-9-11-30(2,12-10-19-14-17-5-7-22(31)26(35-3)24(17)37-28(19)33)21(13-16)20-15-18-6-8-23(32)27(36-4)25(18)38-29(20)34/h5-8,10,12-15,21,31-32H,9,11H2,1-4H3/t21-,30+/m0/s1. The molecular weight excluding hydrogens is 488 g/mol. The first-order valence-corrected chi connectivity index (χ1v) is 12.2. The molecule has 0 bridgehead atoms. The van der Waals surface area contributed by atoms with Crippen LogP contribution >= 0.6 is 0 Å². The first-order valence-electron chi connectivity index (χ1n) is 12.2. The quantitative estimate of drug-likeness (QED) is 0.250. The van der Waals surface area contributed by atoms with E-state index in [0.29, 0.717) is 21.9 Å². The summed E-state index contributed by atoms with van der Waals surface area (Å²) in [6, 6.07) is 9.77. The molecule has 0 fully saturated rings. The molecule has 0 amide bonds. The largest absolute Gasteiger partial charge is 0.504 e. The Kier molecular flexibility index (Phi) is 6.26. The van der Waals surface area contributed by atoms with Gasteiger partial charge in [0.25, 0.3) is 0 Å². The SMILES string of the molecule is COc1c(O)ccc2cc(C=C[C@@]3(C)CCC(C)=C[C@H]3c3cc4ccc(O)c(OC)c4oc3=O)c(=O)oc12. The lowest BCUT2D eigenvalue weighted by Crippen LogP contribution is -2.29. The molecule has 2 aromatic carbocycles. The number of benzene rings is 2. The predicted molar refractivity (Wildman–Crippen MR) is 144 cm³/mol. The first-order chi connectivity index (χ1) is 18.1. The van der Waals surface area contributed by atoms with Crippen LogP contribution in [0.15, 0.2) is 72.5 Å². The van der Waals surface area contributed by atoms with E-state index in [4.69, 9.17) is 18.3 Å². The van der Waals surface area contributed by atoms with Gasteiger partial charge in [-0.3, -0.25) is 0 Å². The Hall–Kier alpha value is -4.46. The highest BCUT2D eigenvalue weighted by atomic mass is 16.5. The maximum atomic E-state index is 13.2. The number of ether oxygens (including phenoxy) is 2. The van der Waals surface area contributed by atoms with Gasteiger partial charge in [0.15, 0.2) is 22.7 Å². The minimum atomic E-state index is -0.572. The van der Waals surface area contributed by atoms with E-state index in [2.05, 4.69) is 6.08 Å². The van der Waals surface area contributed by atoms with Crippen molar-refractivity contribution in [2.45, 2.75) is 32.6 Å². The molecule has 8 heteroatoms. The van der Waals surface area contributed by atoms with Crippen LogP contribution in [0.2, 0.25) is 0 Å². The molecule has 0 saturated carbocycles. The lowest BCUT2D eigenvalue weighted by molar-refractivity contribution is 0.326.